The lowest BCUT2D eigenvalue weighted by Crippen LogP contribution is -2.48. The van der Waals surface area contributed by atoms with E-state index in [1.54, 1.807) is 14.0 Å². The summed E-state index contributed by atoms with van der Waals surface area (Å²) in [4.78, 5) is 11.8. The van der Waals surface area contributed by atoms with Gasteiger partial charge in [-0.25, -0.2) is 4.79 Å². The first kappa shape index (κ1) is 17.5. The SMILES string of the molecule is COC(CNC(=O)NCC(C)(O)C(C)C)c1ccccc1. The number of methoxy groups -OCH3 is 1. The van der Waals surface area contributed by atoms with E-state index in [1.165, 1.54) is 0 Å². The lowest BCUT2D eigenvalue weighted by Gasteiger charge is -2.28. The number of nitrogens with one attached hydrogen (secondary N) is 2. The second kappa shape index (κ2) is 8.00. The zero-order valence-electron chi connectivity index (χ0n) is 13.2. The molecule has 1 aromatic rings. The van der Waals surface area contributed by atoms with Crippen LogP contribution < -0.4 is 10.6 Å². The Hall–Kier alpha value is -1.59. The Balaban J connectivity index is 2.42. The summed E-state index contributed by atoms with van der Waals surface area (Å²) in [7, 11) is 1.61. The molecule has 0 radical (unpaired) electrons. The van der Waals surface area contributed by atoms with Crippen molar-refractivity contribution in [3.8, 4) is 0 Å². The van der Waals surface area contributed by atoms with Gasteiger partial charge >= 0.3 is 6.03 Å². The van der Waals surface area contributed by atoms with Gasteiger partial charge in [0.15, 0.2) is 0 Å². The van der Waals surface area contributed by atoms with Crippen LogP contribution in [-0.4, -0.2) is 36.9 Å². The maximum atomic E-state index is 11.8. The minimum absolute atomic E-state index is 0.0637. The van der Waals surface area contributed by atoms with E-state index in [4.69, 9.17) is 4.74 Å². The number of amides is 2. The molecule has 1 rings (SSSR count). The van der Waals surface area contributed by atoms with Crippen molar-refractivity contribution < 1.29 is 14.6 Å². The second-order valence-corrected chi connectivity index (χ2v) is 5.71. The molecule has 0 aliphatic rings. The first-order chi connectivity index (χ1) is 9.86. The molecule has 2 atom stereocenters. The number of rotatable bonds is 7. The zero-order valence-corrected chi connectivity index (χ0v) is 13.2. The van der Waals surface area contributed by atoms with Gasteiger partial charge in [-0.3, -0.25) is 0 Å². The summed E-state index contributed by atoms with van der Waals surface area (Å²) in [6, 6.07) is 9.40. The van der Waals surface area contributed by atoms with Crippen molar-refractivity contribution in [1.82, 2.24) is 10.6 Å². The van der Waals surface area contributed by atoms with E-state index in [0.29, 0.717) is 6.54 Å². The van der Waals surface area contributed by atoms with Gasteiger partial charge in [0.2, 0.25) is 0 Å². The predicted octanol–water partition coefficient (Wildman–Crippen LogP) is 2.08. The molecule has 0 aromatic heterocycles. The molecule has 118 valence electrons. The van der Waals surface area contributed by atoms with Crippen molar-refractivity contribution in [2.24, 2.45) is 5.92 Å². The highest BCUT2D eigenvalue weighted by molar-refractivity contribution is 5.73. The van der Waals surface area contributed by atoms with Crippen LogP contribution in [0.4, 0.5) is 4.79 Å². The highest BCUT2D eigenvalue weighted by Gasteiger charge is 2.25. The van der Waals surface area contributed by atoms with E-state index in [-0.39, 0.29) is 24.6 Å². The van der Waals surface area contributed by atoms with Crippen LogP contribution in [0, 0.1) is 5.92 Å². The number of hydrogen-bond donors (Lipinski definition) is 3. The molecule has 3 N–H and O–H groups in total. The van der Waals surface area contributed by atoms with Crippen molar-refractivity contribution in [3.63, 3.8) is 0 Å². The Morgan fingerprint density at radius 2 is 1.90 bits per heavy atom. The van der Waals surface area contributed by atoms with Crippen LogP contribution in [0.15, 0.2) is 30.3 Å². The fourth-order valence-corrected chi connectivity index (χ4v) is 1.72. The molecular formula is C16H26N2O3. The monoisotopic (exact) mass is 294 g/mol. The van der Waals surface area contributed by atoms with Crippen molar-refractivity contribution in [2.75, 3.05) is 20.2 Å². The number of aliphatic hydroxyl groups is 1. The van der Waals surface area contributed by atoms with E-state index < -0.39 is 5.60 Å². The van der Waals surface area contributed by atoms with Gasteiger partial charge in [0.1, 0.15) is 0 Å². The number of hydrogen-bond acceptors (Lipinski definition) is 3. The van der Waals surface area contributed by atoms with Crippen LogP contribution in [0.25, 0.3) is 0 Å². The first-order valence-electron chi connectivity index (χ1n) is 7.18. The average molecular weight is 294 g/mol. The number of urea groups is 1. The molecule has 0 saturated carbocycles. The molecular weight excluding hydrogens is 268 g/mol. The Morgan fingerprint density at radius 3 is 2.43 bits per heavy atom. The van der Waals surface area contributed by atoms with Gasteiger partial charge in [0.25, 0.3) is 0 Å². The molecule has 0 fully saturated rings. The fraction of sp³-hybridized carbons (Fsp3) is 0.562. The van der Waals surface area contributed by atoms with E-state index in [0.717, 1.165) is 5.56 Å². The zero-order chi connectivity index (χ0) is 15.9. The maximum absolute atomic E-state index is 11.8. The summed E-state index contributed by atoms with van der Waals surface area (Å²) in [5, 5.41) is 15.5. The summed E-state index contributed by atoms with van der Waals surface area (Å²) in [5.74, 6) is 0.0637. The molecule has 0 bridgehead atoms. The van der Waals surface area contributed by atoms with Crippen molar-refractivity contribution >= 4 is 6.03 Å². The minimum atomic E-state index is -0.919. The second-order valence-electron chi connectivity index (χ2n) is 5.71. The molecule has 2 amide bonds. The van der Waals surface area contributed by atoms with E-state index in [2.05, 4.69) is 10.6 Å². The lowest BCUT2D eigenvalue weighted by molar-refractivity contribution is 0.0164. The van der Waals surface area contributed by atoms with E-state index >= 15 is 0 Å². The Bertz CT molecular complexity index is 432. The molecule has 0 saturated heterocycles. The van der Waals surface area contributed by atoms with Gasteiger partial charge in [-0.15, -0.1) is 0 Å². The smallest absolute Gasteiger partial charge is 0.314 e. The first-order valence-corrected chi connectivity index (χ1v) is 7.18. The Labute approximate surface area is 126 Å². The summed E-state index contributed by atoms with van der Waals surface area (Å²) in [6.07, 6.45) is -0.192. The van der Waals surface area contributed by atoms with Gasteiger partial charge in [-0.1, -0.05) is 44.2 Å². The molecule has 0 heterocycles. The predicted molar refractivity (Wildman–Crippen MR) is 83.1 cm³/mol. The summed E-state index contributed by atoms with van der Waals surface area (Å²) >= 11 is 0. The topological polar surface area (TPSA) is 70.6 Å². The average Bonchev–Trinajstić information content (AvgIpc) is 2.47. The molecule has 0 aliphatic carbocycles. The van der Waals surface area contributed by atoms with Crippen LogP contribution in [0.5, 0.6) is 0 Å². The summed E-state index contributed by atoms with van der Waals surface area (Å²) < 4.78 is 5.38. The van der Waals surface area contributed by atoms with Crippen LogP contribution in [0.1, 0.15) is 32.4 Å². The van der Waals surface area contributed by atoms with Crippen LogP contribution in [-0.2, 0) is 4.74 Å². The highest BCUT2D eigenvalue weighted by atomic mass is 16.5. The minimum Gasteiger partial charge on any atom is -0.388 e. The normalized spacial score (nSPS) is 15.3. The van der Waals surface area contributed by atoms with Gasteiger partial charge in [-0.05, 0) is 18.4 Å². The molecule has 2 unspecified atom stereocenters. The van der Waals surface area contributed by atoms with E-state index in [1.807, 2.05) is 44.2 Å². The van der Waals surface area contributed by atoms with Crippen LogP contribution in [0.3, 0.4) is 0 Å². The summed E-state index contributed by atoms with van der Waals surface area (Å²) in [6.45, 7) is 6.11. The van der Waals surface area contributed by atoms with Crippen LogP contribution >= 0.6 is 0 Å². The Morgan fingerprint density at radius 1 is 1.29 bits per heavy atom. The largest absolute Gasteiger partial charge is 0.388 e. The summed E-state index contributed by atoms with van der Waals surface area (Å²) in [5.41, 5.74) is 0.0896. The van der Waals surface area contributed by atoms with Gasteiger partial charge < -0.3 is 20.5 Å². The van der Waals surface area contributed by atoms with Gasteiger partial charge in [0, 0.05) is 20.2 Å². The molecule has 21 heavy (non-hydrogen) atoms. The lowest BCUT2D eigenvalue weighted by atomic mass is 9.93. The number of carbonyl (C=O) groups excluding carboxylic acids is 1. The molecule has 0 aliphatic heterocycles. The van der Waals surface area contributed by atoms with Gasteiger partial charge in [0.05, 0.1) is 11.7 Å². The Kier molecular flexibility index (Phi) is 6.65. The maximum Gasteiger partial charge on any atom is 0.314 e. The third-order valence-electron chi connectivity index (χ3n) is 3.75. The molecule has 5 heteroatoms. The quantitative estimate of drug-likeness (QED) is 0.721. The van der Waals surface area contributed by atoms with Crippen LogP contribution in [0.2, 0.25) is 0 Å². The molecule has 5 nitrogen and oxygen atoms in total. The standard InChI is InChI=1S/C16H26N2O3/c1-12(2)16(3,20)11-18-15(19)17-10-14(21-4)13-8-6-5-7-9-13/h5-9,12,14,20H,10-11H2,1-4H3,(H2,17,18,19). The van der Waals surface area contributed by atoms with Gasteiger partial charge in [-0.2, -0.15) is 0 Å². The highest BCUT2D eigenvalue weighted by Crippen LogP contribution is 2.15. The fourth-order valence-electron chi connectivity index (χ4n) is 1.72. The number of carbonyl (C=O) groups is 1. The third kappa shape index (κ3) is 5.73. The van der Waals surface area contributed by atoms with Crippen molar-refractivity contribution in [3.05, 3.63) is 35.9 Å². The third-order valence-corrected chi connectivity index (χ3v) is 3.75. The van der Waals surface area contributed by atoms with Crippen molar-refractivity contribution in [1.29, 1.82) is 0 Å². The number of ether oxygens (including phenoxy) is 1. The van der Waals surface area contributed by atoms with Crippen molar-refractivity contribution in [2.45, 2.75) is 32.5 Å². The molecule has 1 aromatic carbocycles. The number of benzene rings is 1. The van der Waals surface area contributed by atoms with E-state index in [9.17, 15) is 9.90 Å². The molecule has 0 spiro atoms.